The lowest BCUT2D eigenvalue weighted by Crippen LogP contribution is -2.31. The molecular formula is C22H30O4. The molecule has 142 valence electrons. The fourth-order valence-electron chi connectivity index (χ4n) is 3.40. The van der Waals surface area contributed by atoms with E-state index in [9.17, 15) is 9.59 Å². The van der Waals surface area contributed by atoms with Gasteiger partial charge in [-0.1, -0.05) is 30.3 Å². The average molecular weight is 358 g/mol. The molecule has 0 bridgehead atoms. The summed E-state index contributed by atoms with van der Waals surface area (Å²) in [5.41, 5.74) is 1.60. The van der Waals surface area contributed by atoms with Crippen LogP contribution in [0.5, 0.6) is 0 Å². The monoisotopic (exact) mass is 358 g/mol. The third-order valence-corrected chi connectivity index (χ3v) is 4.57. The summed E-state index contributed by atoms with van der Waals surface area (Å²) in [4.78, 5) is 24.3. The van der Waals surface area contributed by atoms with Crippen molar-refractivity contribution in [2.45, 2.75) is 59.0 Å². The summed E-state index contributed by atoms with van der Waals surface area (Å²) in [6.07, 6.45) is 4.92. The van der Waals surface area contributed by atoms with Gasteiger partial charge >= 0.3 is 11.9 Å². The first-order valence-corrected chi connectivity index (χ1v) is 9.46. The molecule has 0 saturated heterocycles. The minimum Gasteiger partial charge on any atom is -0.463 e. The van der Waals surface area contributed by atoms with E-state index in [1.54, 1.807) is 13.0 Å². The molecular weight excluding hydrogens is 328 g/mol. The molecule has 26 heavy (non-hydrogen) atoms. The van der Waals surface area contributed by atoms with E-state index in [0.29, 0.717) is 6.61 Å². The summed E-state index contributed by atoms with van der Waals surface area (Å²) in [5, 5.41) is 0. The van der Waals surface area contributed by atoms with E-state index in [1.165, 1.54) is 0 Å². The van der Waals surface area contributed by atoms with Crippen molar-refractivity contribution >= 4 is 17.5 Å². The molecule has 1 fully saturated rings. The van der Waals surface area contributed by atoms with Crippen molar-refractivity contribution in [1.82, 2.24) is 0 Å². The first-order valence-electron chi connectivity index (χ1n) is 9.46. The van der Waals surface area contributed by atoms with Gasteiger partial charge < -0.3 is 9.47 Å². The number of ether oxygens (including phenoxy) is 2. The van der Waals surface area contributed by atoms with Gasteiger partial charge in [0.2, 0.25) is 0 Å². The van der Waals surface area contributed by atoms with Crippen LogP contribution in [0.1, 0.15) is 58.9 Å². The van der Waals surface area contributed by atoms with E-state index in [-0.39, 0.29) is 23.8 Å². The number of esters is 2. The van der Waals surface area contributed by atoms with Gasteiger partial charge in [-0.3, -0.25) is 4.79 Å². The Bertz CT molecular complexity index is 632. The number of benzene rings is 1. The van der Waals surface area contributed by atoms with Gasteiger partial charge in [-0.2, -0.15) is 0 Å². The summed E-state index contributed by atoms with van der Waals surface area (Å²) < 4.78 is 10.6. The second-order valence-electron chi connectivity index (χ2n) is 7.80. The lowest BCUT2D eigenvalue weighted by Gasteiger charge is -2.31. The zero-order chi connectivity index (χ0) is 19.2. The highest BCUT2D eigenvalue weighted by Crippen LogP contribution is 2.38. The van der Waals surface area contributed by atoms with Crippen LogP contribution in [-0.2, 0) is 19.1 Å². The number of allylic oxidation sites excluding steroid dienone is 1. The Labute approximate surface area is 156 Å². The average Bonchev–Trinajstić information content (AvgIpc) is 2.59. The molecule has 0 aromatic heterocycles. The number of rotatable bonds is 5. The van der Waals surface area contributed by atoms with Gasteiger partial charge in [-0.15, -0.1) is 0 Å². The van der Waals surface area contributed by atoms with Crippen molar-refractivity contribution in [3.05, 3.63) is 42.0 Å². The highest BCUT2D eigenvalue weighted by atomic mass is 16.6. The molecule has 0 N–H and O–H groups in total. The quantitative estimate of drug-likeness (QED) is 0.561. The summed E-state index contributed by atoms with van der Waals surface area (Å²) in [5.74, 6) is -0.210. The van der Waals surface area contributed by atoms with Gasteiger partial charge in [-0.05, 0) is 70.4 Å². The molecule has 4 nitrogen and oxygen atoms in total. The lowest BCUT2D eigenvalue weighted by atomic mass is 9.76. The summed E-state index contributed by atoms with van der Waals surface area (Å²) in [6.45, 7) is 7.85. The first kappa shape index (κ1) is 20.2. The molecule has 1 aromatic rings. The fourth-order valence-corrected chi connectivity index (χ4v) is 3.40. The van der Waals surface area contributed by atoms with Crippen molar-refractivity contribution in [1.29, 1.82) is 0 Å². The molecule has 0 radical (unpaired) electrons. The zero-order valence-electron chi connectivity index (χ0n) is 16.3. The van der Waals surface area contributed by atoms with E-state index < -0.39 is 5.60 Å². The Hall–Kier alpha value is -2.10. The fraction of sp³-hybridized carbons (Fsp3) is 0.545. The first-order chi connectivity index (χ1) is 12.3. The van der Waals surface area contributed by atoms with Gasteiger partial charge in [0.15, 0.2) is 0 Å². The molecule has 1 aliphatic carbocycles. The van der Waals surface area contributed by atoms with Crippen molar-refractivity contribution in [3.63, 3.8) is 0 Å². The maximum absolute atomic E-state index is 12.3. The summed E-state index contributed by atoms with van der Waals surface area (Å²) in [6, 6.07) is 9.95. The SMILES string of the molecule is CCOC(=O)C=C(c1ccccc1)C1CCC(C(=O)OC(C)(C)C)CC1. The van der Waals surface area contributed by atoms with Crippen LogP contribution in [0.25, 0.3) is 5.57 Å². The highest BCUT2D eigenvalue weighted by molar-refractivity contribution is 5.92. The molecule has 1 saturated carbocycles. The molecule has 0 atom stereocenters. The van der Waals surface area contributed by atoms with Crippen LogP contribution in [0.3, 0.4) is 0 Å². The predicted molar refractivity (Wildman–Crippen MR) is 102 cm³/mol. The third-order valence-electron chi connectivity index (χ3n) is 4.57. The van der Waals surface area contributed by atoms with E-state index in [0.717, 1.165) is 36.8 Å². The lowest BCUT2D eigenvalue weighted by molar-refractivity contribution is -0.161. The number of hydrogen-bond acceptors (Lipinski definition) is 4. The Morgan fingerprint density at radius 2 is 1.62 bits per heavy atom. The van der Waals surface area contributed by atoms with Gasteiger partial charge in [-0.25, -0.2) is 4.79 Å². The molecule has 0 amide bonds. The number of hydrogen-bond donors (Lipinski definition) is 0. The molecule has 1 aliphatic rings. The Kier molecular flexibility index (Phi) is 7.01. The van der Waals surface area contributed by atoms with Crippen LogP contribution < -0.4 is 0 Å². The van der Waals surface area contributed by atoms with Gasteiger partial charge in [0, 0.05) is 6.08 Å². The maximum atomic E-state index is 12.3. The standard InChI is InChI=1S/C22H30O4/c1-5-25-20(23)15-19(16-9-7-6-8-10-16)17-11-13-18(14-12-17)21(24)26-22(2,3)4/h6-10,15,17-18H,5,11-14H2,1-4H3. The molecule has 0 spiro atoms. The van der Waals surface area contributed by atoms with Crippen molar-refractivity contribution in [2.24, 2.45) is 11.8 Å². The predicted octanol–water partition coefficient (Wildman–Crippen LogP) is 4.78. The molecule has 0 heterocycles. The van der Waals surface area contributed by atoms with Crippen molar-refractivity contribution in [3.8, 4) is 0 Å². The highest BCUT2D eigenvalue weighted by Gasteiger charge is 2.31. The van der Waals surface area contributed by atoms with E-state index in [1.807, 2.05) is 51.1 Å². The maximum Gasteiger partial charge on any atom is 0.331 e. The van der Waals surface area contributed by atoms with Crippen LogP contribution in [-0.4, -0.2) is 24.1 Å². The molecule has 0 unspecified atom stereocenters. The third kappa shape index (κ3) is 6.01. The topological polar surface area (TPSA) is 52.6 Å². The minimum absolute atomic E-state index is 0.0508. The van der Waals surface area contributed by atoms with E-state index in [4.69, 9.17) is 9.47 Å². The second kappa shape index (κ2) is 9.02. The smallest absolute Gasteiger partial charge is 0.331 e. The number of carbonyl (C=O) groups excluding carboxylic acids is 2. The Morgan fingerprint density at radius 3 is 2.15 bits per heavy atom. The van der Waals surface area contributed by atoms with Crippen molar-refractivity contribution in [2.75, 3.05) is 6.61 Å². The summed E-state index contributed by atoms with van der Waals surface area (Å²) in [7, 11) is 0. The van der Waals surface area contributed by atoms with E-state index in [2.05, 4.69) is 0 Å². The van der Waals surface area contributed by atoms with Gasteiger partial charge in [0.25, 0.3) is 0 Å². The Balaban J connectivity index is 2.09. The normalized spacial score (nSPS) is 21.2. The van der Waals surface area contributed by atoms with Crippen LogP contribution >= 0.6 is 0 Å². The van der Waals surface area contributed by atoms with Crippen LogP contribution in [0.2, 0.25) is 0 Å². The molecule has 0 aliphatic heterocycles. The van der Waals surface area contributed by atoms with Crippen LogP contribution in [0.15, 0.2) is 36.4 Å². The van der Waals surface area contributed by atoms with Crippen LogP contribution in [0, 0.1) is 11.8 Å². The minimum atomic E-state index is -0.451. The van der Waals surface area contributed by atoms with Crippen LogP contribution in [0.4, 0.5) is 0 Å². The summed E-state index contributed by atoms with van der Waals surface area (Å²) >= 11 is 0. The molecule has 4 heteroatoms. The van der Waals surface area contributed by atoms with E-state index >= 15 is 0 Å². The molecule has 2 rings (SSSR count). The van der Waals surface area contributed by atoms with Gasteiger partial charge in [0.1, 0.15) is 5.60 Å². The zero-order valence-corrected chi connectivity index (χ0v) is 16.3. The van der Waals surface area contributed by atoms with Crippen molar-refractivity contribution < 1.29 is 19.1 Å². The molecule has 1 aromatic carbocycles. The van der Waals surface area contributed by atoms with Gasteiger partial charge in [0.05, 0.1) is 12.5 Å². The Morgan fingerprint density at radius 1 is 1.04 bits per heavy atom. The largest absolute Gasteiger partial charge is 0.463 e. The number of carbonyl (C=O) groups is 2. The second-order valence-corrected chi connectivity index (χ2v) is 7.80.